The van der Waals surface area contributed by atoms with Crippen LogP contribution in [0, 0.1) is 0 Å². The first kappa shape index (κ1) is 16.8. The highest BCUT2D eigenvalue weighted by Crippen LogP contribution is 2.15. The van der Waals surface area contributed by atoms with E-state index in [4.69, 9.17) is 4.42 Å². The van der Waals surface area contributed by atoms with Crippen LogP contribution in [0.3, 0.4) is 0 Å². The molecule has 4 amide bonds. The van der Waals surface area contributed by atoms with Gasteiger partial charge in [-0.2, -0.15) is 0 Å². The number of amides is 4. The molecule has 130 valence electrons. The molecular formula is C18H19N3O4. The van der Waals surface area contributed by atoms with E-state index < -0.39 is 12.1 Å². The largest absolute Gasteiger partial charge is 0.467 e. The molecule has 2 heterocycles. The van der Waals surface area contributed by atoms with E-state index in [2.05, 4.69) is 10.6 Å². The first-order valence-corrected chi connectivity index (χ1v) is 8.08. The number of benzene rings is 1. The quantitative estimate of drug-likeness (QED) is 0.751. The molecule has 1 saturated heterocycles. The fraction of sp³-hybridized carbons (Fsp3) is 0.278. The number of nitrogens with one attached hydrogen (secondary N) is 2. The van der Waals surface area contributed by atoms with Crippen molar-refractivity contribution < 1.29 is 18.8 Å². The highest BCUT2D eigenvalue weighted by Gasteiger charge is 2.38. The number of rotatable bonds is 7. The molecule has 0 radical (unpaired) electrons. The van der Waals surface area contributed by atoms with Crippen LogP contribution in [-0.2, 0) is 22.7 Å². The fourth-order valence-electron chi connectivity index (χ4n) is 2.64. The number of urea groups is 1. The van der Waals surface area contributed by atoms with Crippen molar-refractivity contribution in [2.24, 2.45) is 0 Å². The van der Waals surface area contributed by atoms with Gasteiger partial charge in [-0.05, 0) is 24.1 Å². The van der Waals surface area contributed by atoms with Crippen molar-refractivity contribution in [3.63, 3.8) is 0 Å². The van der Waals surface area contributed by atoms with E-state index in [9.17, 15) is 14.4 Å². The summed E-state index contributed by atoms with van der Waals surface area (Å²) in [6.45, 7) is 0.531. The van der Waals surface area contributed by atoms with Crippen molar-refractivity contribution in [3.05, 3.63) is 60.1 Å². The molecule has 2 N–H and O–H groups in total. The van der Waals surface area contributed by atoms with Gasteiger partial charge in [-0.25, -0.2) is 4.79 Å². The molecule has 25 heavy (non-hydrogen) atoms. The van der Waals surface area contributed by atoms with Crippen LogP contribution in [-0.4, -0.2) is 28.8 Å². The minimum Gasteiger partial charge on any atom is -0.467 e. The molecular weight excluding hydrogens is 322 g/mol. The monoisotopic (exact) mass is 341 g/mol. The Morgan fingerprint density at radius 2 is 1.96 bits per heavy atom. The molecule has 0 unspecified atom stereocenters. The minimum absolute atomic E-state index is 0.0916. The van der Waals surface area contributed by atoms with Crippen molar-refractivity contribution in [1.29, 1.82) is 0 Å². The lowest BCUT2D eigenvalue weighted by atomic mass is 10.1. The topological polar surface area (TPSA) is 91.7 Å². The highest BCUT2D eigenvalue weighted by molar-refractivity contribution is 6.04. The van der Waals surface area contributed by atoms with E-state index in [1.54, 1.807) is 12.1 Å². The first-order valence-electron chi connectivity index (χ1n) is 8.08. The van der Waals surface area contributed by atoms with Gasteiger partial charge in [0.2, 0.25) is 5.91 Å². The van der Waals surface area contributed by atoms with Crippen LogP contribution in [0.1, 0.15) is 24.2 Å². The van der Waals surface area contributed by atoms with Gasteiger partial charge in [-0.15, -0.1) is 0 Å². The first-order chi connectivity index (χ1) is 12.1. The SMILES string of the molecule is O=C(CC[C@@H]1NC(=O)N(Cc2ccco2)C1=O)NCc1ccccc1. The standard InChI is InChI=1S/C18H19N3O4/c22-16(19-11-13-5-2-1-3-6-13)9-8-15-17(23)21(18(24)20-15)12-14-7-4-10-25-14/h1-7,10,15H,8-9,11-12H2,(H,19,22)(H,20,24)/t15-/m0/s1. The minimum atomic E-state index is -0.676. The summed E-state index contributed by atoms with van der Waals surface area (Å²) in [6, 6.07) is 11.8. The Labute approximate surface area is 145 Å². The molecule has 1 aliphatic rings. The average Bonchev–Trinajstić information content (AvgIpc) is 3.23. The van der Waals surface area contributed by atoms with Crippen molar-refractivity contribution in [2.75, 3.05) is 0 Å². The third-order valence-corrected chi connectivity index (χ3v) is 3.99. The van der Waals surface area contributed by atoms with Crippen molar-refractivity contribution in [1.82, 2.24) is 15.5 Å². The average molecular weight is 341 g/mol. The van der Waals surface area contributed by atoms with Crippen molar-refractivity contribution in [2.45, 2.75) is 32.0 Å². The molecule has 7 nitrogen and oxygen atoms in total. The summed E-state index contributed by atoms with van der Waals surface area (Å²) in [6.07, 6.45) is 1.92. The number of hydrogen-bond donors (Lipinski definition) is 2. The fourth-order valence-corrected chi connectivity index (χ4v) is 2.64. The third kappa shape index (κ3) is 4.26. The van der Waals surface area contributed by atoms with Crippen LogP contribution < -0.4 is 10.6 Å². The predicted octanol–water partition coefficient (Wildman–Crippen LogP) is 1.80. The van der Waals surface area contributed by atoms with Gasteiger partial charge in [-0.1, -0.05) is 30.3 Å². The Bertz CT molecular complexity index is 743. The zero-order valence-corrected chi connectivity index (χ0v) is 13.6. The molecule has 0 saturated carbocycles. The molecule has 1 aromatic heterocycles. The Kier molecular flexibility index (Phi) is 5.13. The van der Waals surface area contributed by atoms with Crippen LogP contribution >= 0.6 is 0 Å². The summed E-state index contributed by atoms with van der Waals surface area (Å²) in [5.74, 6) is 0.0393. The molecule has 1 atom stereocenters. The molecule has 1 aliphatic heterocycles. The van der Waals surface area contributed by atoms with E-state index in [1.807, 2.05) is 30.3 Å². The molecule has 1 fully saturated rings. The van der Waals surface area contributed by atoms with Gasteiger partial charge >= 0.3 is 6.03 Å². The molecule has 0 bridgehead atoms. The van der Waals surface area contributed by atoms with Crippen molar-refractivity contribution >= 4 is 17.8 Å². The maximum atomic E-state index is 12.3. The van der Waals surface area contributed by atoms with E-state index in [0.29, 0.717) is 12.3 Å². The number of nitrogens with zero attached hydrogens (tertiary/aromatic N) is 1. The van der Waals surface area contributed by atoms with E-state index >= 15 is 0 Å². The van der Waals surface area contributed by atoms with Gasteiger partial charge in [0.25, 0.3) is 5.91 Å². The number of hydrogen-bond acceptors (Lipinski definition) is 4. The normalized spacial score (nSPS) is 16.8. The molecule has 2 aromatic rings. The zero-order valence-electron chi connectivity index (χ0n) is 13.6. The lowest BCUT2D eigenvalue weighted by Gasteiger charge is -2.11. The van der Waals surface area contributed by atoms with Gasteiger partial charge in [0.1, 0.15) is 11.8 Å². The van der Waals surface area contributed by atoms with E-state index in [0.717, 1.165) is 10.5 Å². The Morgan fingerprint density at radius 1 is 1.16 bits per heavy atom. The van der Waals surface area contributed by atoms with Crippen LogP contribution in [0.4, 0.5) is 4.79 Å². The molecule has 1 aromatic carbocycles. The molecule has 0 spiro atoms. The number of carbonyl (C=O) groups is 3. The Morgan fingerprint density at radius 3 is 2.68 bits per heavy atom. The maximum Gasteiger partial charge on any atom is 0.325 e. The third-order valence-electron chi connectivity index (χ3n) is 3.99. The summed E-state index contributed by atoms with van der Waals surface area (Å²) in [4.78, 5) is 37.3. The lowest BCUT2D eigenvalue weighted by molar-refractivity contribution is -0.128. The number of imide groups is 1. The summed E-state index contributed by atoms with van der Waals surface area (Å²) in [5.41, 5.74) is 1.01. The summed E-state index contributed by atoms with van der Waals surface area (Å²) in [5, 5.41) is 5.42. The highest BCUT2D eigenvalue weighted by atomic mass is 16.3. The Hall–Kier alpha value is -3.09. The number of furan rings is 1. The lowest BCUT2D eigenvalue weighted by Crippen LogP contribution is -2.32. The van der Waals surface area contributed by atoms with E-state index in [-0.39, 0.29) is 31.2 Å². The van der Waals surface area contributed by atoms with Crippen LogP contribution in [0.15, 0.2) is 53.1 Å². The summed E-state index contributed by atoms with van der Waals surface area (Å²) >= 11 is 0. The summed E-state index contributed by atoms with van der Waals surface area (Å²) in [7, 11) is 0. The van der Waals surface area contributed by atoms with Crippen molar-refractivity contribution in [3.8, 4) is 0 Å². The maximum absolute atomic E-state index is 12.3. The second kappa shape index (κ2) is 7.65. The van der Waals surface area contributed by atoms with E-state index in [1.165, 1.54) is 6.26 Å². The Balaban J connectivity index is 1.46. The second-order valence-electron chi connectivity index (χ2n) is 5.81. The van der Waals surface area contributed by atoms with Gasteiger partial charge in [-0.3, -0.25) is 14.5 Å². The molecule has 7 heteroatoms. The second-order valence-corrected chi connectivity index (χ2v) is 5.81. The predicted molar refractivity (Wildman–Crippen MR) is 89.1 cm³/mol. The number of carbonyl (C=O) groups excluding carboxylic acids is 3. The van der Waals surface area contributed by atoms with Gasteiger partial charge in [0.15, 0.2) is 0 Å². The van der Waals surface area contributed by atoms with Crippen LogP contribution in [0.2, 0.25) is 0 Å². The van der Waals surface area contributed by atoms with Crippen LogP contribution in [0.25, 0.3) is 0 Å². The van der Waals surface area contributed by atoms with Gasteiger partial charge in [0, 0.05) is 13.0 Å². The smallest absolute Gasteiger partial charge is 0.325 e. The molecule has 3 rings (SSSR count). The van der Waals surface area contributed by atoms with Gasteiger partial charge < -0.3 is 15.1 Å². The zero-order chi connectivity index (χ0) is 17.6. The van der Waals surface area contributed by atoms with Gasteiger partial charge in [0.05, 0.1) is 12.8 Å². The summed E-state index contributed by atoms with van der Waals surface area (Å²) < 4.78 is 5.16. The van der Waals surface area contributed by atoms with Crippen LogP contribution in [0.5, 0.6) is 0 Å². The molecule has 0 aliphatic carbocycles.